The van der Waals surface area contributed by atoms with E-state index in [1.165, 1.54) is 5.57 Å². The first-order chi connectivity index (χ1) is 12.0. The Bertz CT molecular complexity index is 694. The molecule has 1 atom stereocenters. The Labute approximate surface area is 154 Å². The van der Waals surface area contributed by atoms with Crippen molar-refractivity contribution in [3.8, 4) is 0 Å². The van der Waals surface area contributed by atoms with E-state index in [0.717, 1.165) is 28.8 Å². The molecule has 0 aliphatic heterocycles. The summed E-state index contributed by atoms with van der Waals surface area (Å²) in [5.41, 5.74) is 5.31. The van der Waals surface area contributed by atoms with Crippen LogP contribution in [0.3, 0.4) is 0 Å². The Hall–Kier alpha value is -2.48. The zero-order valence-corrected chi connectivity index (χ0v) is 15.5. The van der Waals surface area contributed by atoms with Gasteiger partial charge in [-0.2, -0.15) is 0 Å². The molecule has 0 spiro atoms. The average Bonchev–Trinajstić information content (AvgIpc) is 2.64. The quantitative estimate of drug-likeness (QED) is 0.297. The first-order valence-electron chi connectivity index (χ1n) is 8.42. The molecule has 2 radical (unpaired) electrons. The predicted molar refractivity (Wildman–Crippen MR) is 115 cm³/mol. The van der Waals surface area contributed by atoms with Gasteiger partial charge in [-0.25, -0.2) is 0 Å². The minimum absolute atomic E-state index is 0.0868. The van der Waals surface area contributed by atoms with Crippen LogP contribution >= 0.6 is 0 Å². The van der Waals surface area contributed by atoms with Crippen molar-refractivity contribution in [1.82, 2.24) is 4.90 Å². The molecule has 0 heterocycles. The van der Waals surface area contributed by atoms with E-state index in [1.54, 1.807) is 6.08 Å². The molecular formula is C23H28BN. The van der Waals surface area contributed by atoms with E-state index in [4.69, 9.17) is 7.85 Å². The molecule has 0 saturated carbocycles. The fourth-order valence-corrected chi connectivity index (χ4v) is 2.68. The van der Waals surface area contributed by atoms with Gasteiger partial charge in [0.25, 0.3) is 0 Å². The summed E-state index contributed by atoms with van der Waals surface area (Å²) in [7, 11) is 7.93. The summed E-state index contributed by atoms with van der Waals surface area (Å²) in [6.45, 7) is 18.2. The second-order valence-electron chi connectivity index (χ2n) is 6.06. The number of hydrogen-bond acceptors (Lipinski definition) is 1. The lowest BCUT2D eigenvalue weighted by atomic mass is 9.88. The van der Waals surface area contributed by atoms with Crippen LogP contribution in [0.5, 0.6) is 0 Å². The summed E-state index contributed by atoms with van der Waals surface area (Å²) in [4.78, 5) is 2.16. The normalized spacial score (nSPS) is 12.6. The lowest BCUT2D eigenvalue weighted by Crippen LogP contribution is -2.32. The number of nitrogens with zero attached hydrogens (tertiary/aromatic N) is 1. The van der Waals surface area contributed by atoms with Gasteiger partial charge in [-0.1, -0.05) is 98.4 Å². The fraction of sp³-hybridized carbons (Fsp3) is 0.217. The van der Waals surface area contributed by atoms with Gasteiger partial charge in [0.2, 0.25) is 0 Å². The molecule has 1 aromatic carbocycles. The van der Waals surface area contributed by atoms with E-state index < -0.39 is 0 Å². The van der Waals surface area contributed by atoms with Crippen molar-refractivity contribution in [3.63, 3.8) is 0 Å². The third-order valence-electron chi connectivity index (χ3n) is 4.26. The van der Waals surface area contributed by atoms with Crippen molar-refractivity contribution in [2.24, 2.45) is 0 Å². The van der Waals surface area contributed by atoms with E-state index in [9.17, 15) is 0 Å². The van der Waals surface area contributed by atoms with E-state index >= 15 is 0 Å². The molecule has 1 aromatic rings. The van der Waals surface area contributed by atoms with E-state index in [2.05, 4.69) is 50.3 Å². The van der Waals surface area contributed by atoms with Crippen LogP contribution in [0, 0.1) is 0 Å². The van der Waals surface area contributed by atoms with Crippen molar-refractivity contribution < 1.29 is 0 Å². The molecule has 0 N–H and O–H groups in total. The molecule has 128 valence electrons. The molecule has 1 rings (SSSR count). The zero-order chi connectivity index (χ0) is 18.8. The lowest BCUT2D eigenvalue weighted by molar-refractivity contribution is 0.387. The molecule has 0 aromatic heterocycles. The first kappa shape index (κ1) is 20.6. The maximum Gasteiger partial charge on any atom is 0.0712 e. The Morgan fingerprint density at radius 1 is 1.20 bits per heavy atom. The number of hydrogen-bond donors (Lipinski definition) is 0. The van der Waals surface area contributed by atoms with Crippen LogP contribution in [0.4, 0.5) is 0 Å². The number of allylic oxidation sites excluding steroid dienone is 4. The highest BCUT2D eigenvalue weighted by Crippen LogP contribution is 2.28. The minimum Gasteiger partial charge on any atom is -0.368 e. The standard InChI is InChI=1S/C23H28BN/c1-7-9-10-13-18(3)16-23(19(4)17-24)25(6)20(5)22-15-12-11-14-21(22)8-2/h7-15,23H,1-2,4-5,16-17H2,3,6H3/b10-9-,18-13+. The van der Waals surface area contributed by atoms with Gasteiger partial charge >= 0.3 is 0 Å². The van der Waals surface area contributed by atoms with Crippen LogP contribution in [0.2, 0.25) is 6.32 Å². The van der Waals surface area contributed by atoms with E-state index in [-0.39, 0.29) is 6.04 Å². The van der Waals surface area contributed by atoms with E-state index in [0.29, 0.717) is 6.32 Å². The third-order valence-corrected chi connectivity index (χ3v) is 4.26. The Morgan fingerprint density at radius 3 is 2.48 bits per heavy atom. The van der Waals surface area contributed by atoms with Gasteiger partial charge in [0.15, 0.2) is 0 Å². The van der Waals surface area contributed by atoms with Crippen LogP contribution in [-0.4, -0.2) is 25.8 Å². The zero-order valence-electron chi connectivity index (χ0n) is 15.5. The van der Waals surface area contributed by atoms with E-state index in [1.807, 2.05) is 43.5 Å². The highest BCUT2D eigenvalue weighted by Gasteiger charge is 2.20. The van der Waals surface area contributed by atoms with Crippen molar-refractivity contribution in [3.05, 3.63) is 97.2 Å². The molecule has 1 nitrogen and oxygen atoms in total. The highest BCUT2D eigenvalue weighted by atomic mass is 15.1. The molecule has 0 aliphatic rings. The van der Waals surface area contributed by atoms with Crippen molar-refractivity contribution in [1.29, 1.82) is 0 Å². The van der Waals surface area contributed by atoms with Crippen molar-refractivity contribution in [2.75, 3.05) is 7.05 Å². The molecule has 0 amide bonds. The van der Waals surface area contributed by atoms with Crippen LogP contribution < -0.4 is 0 Å². The van der Waals surface area contributed by atoms with Crippen LogP contribution in [-0.2, 0) is 0 Å². The van der Waals surface area contributed by atoms with Gasteiger partial charge in [-0.15, -0.1) is 0 Å². The SMILES string of the molecule is [B]CC(=C)C(C/C(C)=C/C=C\C=C)N(C)C(=C)c1ccccc1C=C. The monoisotopic (exact) mass is 329 g/mol. The fourth-order valence-electron chi connectivity index (χ4n) is 2.68. The smallest absolute Gasteiger partial charge is 0.0712 e. The summed E-state index contributed by atoms with van der Waals surface area (Å²) in [6.07, 6.45) is 10.9. The van der Waals surface area contributed by atoms with Gasteiger partial charge < -0.3 is 4.90 Å². The van der Waals surface area contributed by atoms with Crippen LogP contribution in [0.15, 0.2) is 86.0 Å². The van der Waals surface area contributed by atoms with Crippen LogP contribution in [0.25, 0.3) is 11.8 Å². The Balaban J connectivity index is 3.09. The highest BCUT2D eigenvalue weighted by molar-refractivity contribution is 6.10. The number of likely N-dealkylation sites (N-methyl/N-ethyl adjacent to an activating group) is 1. The van der Waals surface area contributed by atoms with Gasteiger partial charge in [0.05, 0.1) is 13.9 Å². The molecule has 25 heavy (non-hydrogen) atoms. The van der Waals surface area contributed by atoms with Crippen LogP contribution in [0.1, 0.15) is 24.5 Å². The summed E-state index contributed by atoms with van der Waals surface area (Å²) in [5.74, 6) is 0. The average molecular weight is 329 g/mol. The minimum atomic E-state index is 0.0868. The first-order valence-corrected chi connectivity index (χ1v) is 8.42. The van der Waals surface area contributed by atoms with Crippen molar-refractivity contribution >= 4 is 19.6 Å². The summed E-state index contributed by atoms with van der Waals surface area (Å²) >= 11 is 0. The lowest BCUT2D eigenvalue weighted by Gasteiger charge is -2.34. The Kier molecular flexibility index (Phi) is 8.56. The van der Waals surface area contributed by atoms with Gasteiger partial charge in [0.1, 0.15) is 0 Å². The number of rotatable bonds is 10. The molecule has 0 aliphatic carbocycles. The van der Waals surface area contributed by atoms with Crippen molar-refractivity contribution in [2.45, 2.75) is 25.7 Å². The molecule has 0 saturated heterocycles. The molecule has 1 unspecified atom stereocenters. The maximum absolute atomic E-state index is 5.88. The molecule has 2 heteroatoms. The third kappa shape index (κ3) is 5.83. The molecule has 0 bridgehead atoms. The predicted octanol–water partition coefficient (Wildman–Crippen LogP) is 5.82. The van der Waals surface area contributed by atoms with Gasteiger partial charge in [0, 0.05) is 18.3 Å². The maximum atomic E-state index is 5.88. The number of benzene rings is 1. The second kappa shape index (κ2) is 10.4. The second-order valence-corrected chi connectivity index (χ2v) is 6.06. The van der Waals surface area contributed by atoms with Gasteiger partial charge in [-0.3, -0.25) is 0 Å². The summed E-state index contributed by atoms with van der Waals surface area (Å²) < 4.78 is 0. The Morgan fingerprint density at radius 2 is 1.88 bits per heavy atom. The summed E-state index contributed by atoms with van der Waals surface area (Å²) in [6, 6.07) is 8.21. The summed E-state index contributed by atoms with van der Waals surface area (Å²) in [5, 5.41) is 0. The molecular weight excluding hydrogens is 301 g/mol. The largest absolute Gasteiger partial charge is 0.368 e. The topological polar surface area (TPSA) is 3.24 Å². The molecule has 0 fully saturated rings. The van der Waals surface area contributed by atoms with Gasteiger partial charge in [-0.05, 0) is 18.9 Å².